The van der Waals surface area contributed by atoms with Crippen molar-refractivity contribution in [1.29, 1.82) is 0 Å². The number of halogens is 2. The van der Waals surface area contributed by atoms with Gasteiger partial charge in [0, 0.05) is 42.2 Å². The predicted octanol–water partition coefficient (Wildman–Crippen LogP) is 6.04. The molecule has 9 nitrogen and oxygen atoms in total. The zero-order valence-corrected chi connectivity index (χ0v) is 27.0. The Labute approximate surface area is 273 Å². The van der Waals surface area contributed by atoms with Crippen molar-refractivity contribution in [2.24, 2.45) is 0 Å². The lowest BCUT2D eigenvalue weighted by Gasteiger charge is -2.30. The number of hydrogen-bond donors (Lipinski definition) is 3. The molecule has 0 saturated carbocycles. The van der Waals surface area contributed by atoms with Crippen molar-refractivity contribution in [3.8, 4) is 0 Å². The Kier molecular flexibility index (Phi) is 10.5. The van der Waals surface area contributed by atoms with E-state index in [9.17, 15) is 23.5 Å². The number of aliphatic hydroxyl groups excluding tert-OH is 1. The van der Waals surface area contributed by atoms with Crippen molar-refractivity contribution in [3.05, 3.63) is 118 Å². The van der Waals surface area contributed by atoms with Crippen LogP contribution in [0, 0.1) is 6.92 Å². The molecule has 47 heavy (non-hydrogen) atoms. The fraction of sp³-hybridized carbons (Fsp3) is 0.389. The van der Waals surface area contributed by atoms with Gasteiger partial charge in [0.25, 0.3) is 11.8 Å². The van der Waals surface area contributed by atoms with Gasteiger partial charge in [0.2, 0.25) is 5.89 Å². The molecule has 1 saturated heterocycles. The van der Waals surface area contributed by atoms with Crippen LogP contribution in [-0.4, -0.2) is 50.5 Å². The number of nitrogens with one attached hydrogen (secondary N) is 2. The molecule has 2 amide bonds. The van der Waals surface area contributed by atoms with Crippen LogP contribution >= 0.6 is 0 Å². The first-order chi connectivity index (χ1) is 22.4. The Morgan fingerprint density at radius 2 is 1.85 bits per heavy atom. The van der Waals surface area contributed by atoms with Crippen LogP contribution in [0.15, 0.2) is 77.7 Å². The Hall–Kier alpha value is -4.48. The Morgan fingerprint density at radius 1 is 1.11 bits per heavy atom. The fourth-order valence-electron chi connectivity index (χ4n) is 5.88. The fourth-order valence-corrected chi connectivity index (χ4v) is 5.88. The first-order valence-corrected chi connectivity index (χ1v) is 15.8. The van der Waals surface area contributed by atoms with Gasteiger partial charge >= 0.3 is 0 Å². The summed E-state index contributed by atoms with van der Waals surface area (Å²) in [7, 11) is 0. The maximum atomic E-state index is 14.6. The second-order valence-electron chi connectivity index (χ2n) is 12.6. The summed E-state index contributed by atoms with van der Waals surface area (Å²) in [5.41, 5.74) is 1.59. The van der Waals surface area contributed by atoms with Crippen LogP contribution in [0.2, 0.25) is 0 Å². The molecule has 0 aliphatic carbocycles. The number of benzene rings is 2. The summed E-state index contributed by atoms with van der Waals surface area (Å²) in [5, 5.41) is 17.7. The van der Waals surface area contributed by atoms with Gasteiger partial charge in [-0.3, -0.25) is 14.6 Å². The summed E-state index contributed by atoms with van der Waals surface area (Å²) >= 11 is 0. The number of rotatable bonds is 12. The van der Waals surface area contributed by atoms with E-state index in [1.807, 2.05) is 37.3 Å². The van der Waals surface area contributed by atoms with E-state index in [0.717, 1.165) is 17.5 Å². The molecule has 4 aromatic rings. The number of carbonyl (C=O) groups excluding carboxylic acids is 2. The number of aromatic nitrogens is 2. The minimum atomic E-state index is -1.56. The summed E-state index contributed by atoms with van der Waals surface area (Å²) in [4.78, 5) is 37.4. The van der Waals surface area contributed by atoms with Gasteiger partial charge in [0.05, 0.1) is 23.9 Å². The van der Waals surface area contributed by atoms with Gasteiger partial charge in [0.1, 0.15) is 24.6 Å². The molecule has 4 unspecified atom stereocenters. The second-order valence-corrected chi connectivity index (χ2v) is 12.6. The first kappa shape index (κ1) is 33.9. The number of alkyl halides is 2. The highest BCUT2D eigenvalue weighted by molar-refractivity contribution is 6.00. The number of carbonyl (C=O) groups is 2. The molecule has 0 radical (unpaired) electrons. The third-order valence-corrected chi connectivity index (χ3v) is 8.47. The molecule has 1 fully saturated rings. The molecule has 0 bridgehead atoms. The highest BCUT2D eigenvalue weighted by Gasteiger charge is 2.34. The van der Waals surface area contributed by atoms with Gasteiger partial charge in [0.15, 0.2) is 0 Å². The summed E-state index contributed by atoms with van der Waals surface area (Å²) < 4.78 is 34.1. The Balaban J connectivity index is 1.32. The summed E-state index contributed by atoms with van der Waals surface area (Å²) in [5.74, 6) is -0.451. The van der Waals surface area contributed by atoms with Crippen molar-refractivity contribution < 1.29 is 27.9 Å². The molecular formula is C36H41F2N5O4. The van der Waals surface area contributed by atoms with Crippen molar-refractivity contribution in [3.63, 3.8) is 0 Å². The molecule has 4 atom stereocenters. The smallest absolute Gasteiger partial charge is 0.254 e. The van der Waals surface area contributed by atoms with E-state index in [-0.39, 0.29) is 35.2 Å². The lowest BCUT2D eigenvalue weighted by molar-refractivity contribution is 0.0715. The van der Waals surface area contributed by atoms with Gasteiger partial charge in [-0.2, -0.15) is 0 Å². The van der Waals surface area contributed by atoms with E-state index in [2.05, 4.69) is 20.6 Å². The Morgan fingerprint density at radius 3 is 2.53 bits per heavy atom. The lowest BCUT2D eigenvalue weighted by Crippen LogP contribution is -2.47. The standard InChI is InChI=1S/C36H41F2N5O4/c1-22-21-47-34(41-22)30-11-8-12-43(30)35(46)28-14-24(17-37)13-27(16-28)33(45)42-23(2)32(44)31(26-9-6-5-7-10-26)40-19-25-15-29(20-39-18-25)36(3,4)38/h5-7,9-10,13-16,18,20-21,23,30-32,40,44H,8,11-12,17,19H2,1-4H3,(H,42,45). The lowest BCUT2D eigenvalue weighted by atomic mass is 9.95. The van der Waals surface area contributed by atoms with E-state index in [4.69, 9.17) is 4.42 Å². The van der Waals surface area contributed by atoms with Crippen LogP contribution in [0.4, 0.5) is 8.78 Å². The quantitative estimate of drug-likeness (QED) is 0.172. The molecule has 2 aromatic carbocycles. The van der Waals surface area contributed by atoms with Crippen LogP contribution in [0.25, 0.3) is 0 Å². The average Bonchev–Trinajstić information content (AvgIpc) is 3.73. The van der Waals surface area contributed by atoms with Crippen LogP contribution in [0.3, 0.4) is 0 Å². The number of aryl methyl sites for hydroxylation is 1. The number of nitrogens with zero attached hydrogens (tertiary/aromatic N) is 3. The number of aliphatic hydroxyl groups is 1. The highest BCUT2D eigenvalue weighted by atomic mass is 19.1. The van der Waals surface area contributed by atoms with Gasteiger partial charge in [-0.05, 0) is 81.5 Å². The first-order valence-electron chi connectivity index (χ1n) is 15.8. The molecule has 3 N–H and O–H groups in total. The zero-order valence-electron chi connectivity index (χ0n) is 27.0. The van der Waals surface area contributed by atoms with Gasteiger partial charge in [-0.25, -0.2) is 13.8 Å². The van der Waals surface area contributed by atoms with Gasteiger partial charge in [-0.15, -0.1) is 0 Å². The molecule has 3 heterocycles. The van der Waals surface area contributed by atoms with Crippen LogP contribution in [-0.2, 0) is 18.9 Å². The SMILES string of the molecule is Cc1coc(C2CCCN2C(=O)c2cc(CF)cc(C(=O)NC(C)C(O)C(NCc3cncc(C(C)(C)F)c3)c3ccccc3)c2)n1. The Bertz CT molecular complexity index is 1690. The minimum Gasteiger partial charge on any atom is -0.446 e. The summed E-state index contributed by atoms with van der Waals surface area (Å²) in [6.45, 7) is 6.31. The van der Waals surface area contributed by atoms with Crippen LogP contribution in [0.1, 0.15) is 100 Å². The molecule has 248 valence electrons. The molecule has 2 aromatic heterocycles. The molecule has 11 heteroatoms. The van der Waals surface area contributed by atoms with Gasteiger partial charge in [-0.1, -0.05) is 30.3 Å². The van der Waals surface area contributed by atoms with Crippen LogP contribution < -0.4 is 10.6 Å². The third kappa shape index (κ3) is 8.09. The maximum absolute atomic E-state index is 14.6. The molecule has 1 aliphatic rings. The van der Waals surface area contributed by atoms with E-state index in [1.165, 1.54) is 44.5 Å². The van der Waals surface area contributed by atoms with Crippen molar-refractivity contribution in [2.45, 2.75) is 83.7 Å². The highest BCUT2D eigenvalue weighted by Crippen LogP contribution is 2.33. The van der Waals surface area contributed by atoms with Crippen molar-refractivity contribution in [2.75, 3.05) is 6.54 Å². The molecule has 5 rings (SSSR count). The zero-order chi connectivity index (χ0) is 33.7. The number of amides is 2. The molecular weight excluding hydrogens is 604 g/mol. The maximum Gasteiger partial charge on any atom is 0.254 e. The number of hydrogen-bond acceptors (Lipinski definition) is 7. The molecule has 1 aliphatic heterocycles. The minimum absolute atomic E-state index is 0.103. The number of oxazole rings is 1. The summed E-state index contributed by atoms with van der Waals surface area (Å²) in [6.07, 6.45) is 5.00. The number of pyridine rings is 1. The summed E-state index contributed by atoms with van der Waals surface area (Å²) in [6, 6.07) is 13.6. The van der Waals surface area contributed by atoms with Crippen molar-refractivity contribution >= 4 is 11.8 Å². The van der Waals surface area contributed by atoms with E-state index in [1.54, 1.807) is 24.1 Å². The average molecular weight is 646 g/mol. The van der Waals surface area contributed by atoms with E-state index < -0.39 is 36.4 Å². The van der Waals surface area contributed by atoms with Gasteiger partial charge < -0.3 is 25.1 Å². The van der Waals surface area contributed by atoms with E-state index >= 15 is 0 Å². The van der Waals surface area contributed by atoms with Crippen LogP contribution in [0.5, 0.6) is 0 Å². The largest absolute Gasteiger partial charge is 0.446 e. The second kappa shape index (κ2) is 14.5. The topological polar surface area (TPSA) is 121 Å². The predicted molar refractivity (Wildman–Crippen MR) is 173 cm³/mol. The monoisotopic (exact) mass is 645 g/mol. The normalized spacial score (nSPS) is 16.9. The van der Waals surface area contributed by atoms with Crippen molar-refractivity contribution in [1.82, 2.24) is 25.5 Å². The van der Waals surface area contributed by atoms with E-state index in [0.29, 0.717) is 30.1 Å². The number of likely N-dealkylation sites (tertiary alicyclic amines) is 1. The molecule has 0 spiro atoms. The third-order valence-electron chi connectivity index (χ3n) is 8.47.